The van der Waals surface area contributed by atoms with E-state index in [2.05, 4.69) is 6.58 Å². The van der Waals surface area contributed by atoms with E-state index in [1.807, 2.05) is 6.07 Å². The smallest absolute Gasteiger partial charge is 0.338 e. The van der Waals surface area contributed by atoms with Crippen LogP contribution in [0.5, 0.6) is 0 Å². The van der Waals surface area contributed by atoms with Gasteiger partial charge in [0.25, 0.3) is 0 Å². The third-order valence-corrected chi connectivity index (χ3v) is 23.3. The average Bonchev–Trinajstić information content (AvgIpc) is 0.751. The summed E-state index contributed by atoms with van der Waals surface area (Å²) in [6.45, 7) is -0.544. The second-order valence-electron chi connectivity index (χ2n) is 32.9. The fourth-order valence-electron chi connectivity index (χ4n) is 16.3. The van der Waals surface area contributed by atoms with Gasteiger partial charge < -0.3 is 99.8 Å². The molecule has 0 bridgehead atoms. The van der Waals surface area contributed by atoms with Crippen molar-refractivity contribution >= 4 is 47.8 Å². The van der Waals surface area contributed by atoms with Crippen LogP contribution in [0.1, 0.15) is 105 Å². The zero-order valence-electron chi connectivity index (χ0n) is 75.7. The molecule has 12 aromatic rings. The van der Waals surface area contributed by atoms with E-state index in [-0.39, 0.29) is 70.9 Å². The molecule has 4 aliphatic heterocycles. The molecular weight excluding hydrogens is 1800 g/mol. The van der Waals surface area contributed by atoms with Gasteiger partial charge >= 0.3 is 47.8 Å². The third kappa shape index (κ3) is 26.3. The highest BCUT2D eigenvalue weighted by molar-refractivity contribution is 5.93. The maximum absolute atomic E-state index is 16.0. The van der Waals surface area contributed by atoms with E-state index < -0.39 is 204 Å². The molecule has 29 heteroatoms. The van der Waals surface area contributed by atoms with Crippen molar-refractivity contribution in [1.29, 1.82) is 0 Å². The summed E-state index contributed by atoms with van der Waals surface area (Å²) in [4.78, 5) is 120. The lowest BCUT2D eigenvalue weighted by Crippen LogP contribution is -2.69. The first-order chi connectivity index (χ1) is 68.6. The van der Waals surface area contributed by atoms with Crippen LogP contribution in [0.2, 0.25) is 0 Å². The molecule has 0 amide bonds. The number of rotatable bonds is 41. The Labute approximate surface area is 807 Å². The van der Waals surface area contributed by atoms with Crippen LogP contribution in [-0.4, -0.2) is 209 Å². The monoisotopic (exact) mass is 1900 g/mol. The van der Waals surface area contributed by atoms with Crippen LogP contribution in [0.4, 0.5) is 0 Å². The van der Waals surface area contributed by atoms with Crippen LogP contribution in [0.25, 0.3) is 0 Å². The molecule has 0 spiro atoms. The van der Waals surface area contributed by atoms with Gasteiger partial charge in [0.2, 0.25) is 0 Å². The average molecular weight is 1900 g/mol. The van der Waals surface area contributed by atoms with E-state index in [1.54, 1.807) is 273 Å². The molecule has 29 nitrogen and oxygen atoms in total. The highest BCUT2D eigenvalue weighted by atomic mass is 16.8. The Bertz CT molecular complexity index is 5940. The maximum Gasteiger partial charge on any atom is 0.338 e. The van der Waals surface area contributed by atoms with Crippen LogP contribution >= 0.6 is 0 Å². The molecular formula is C111H102O29. The normalized spacial score (nSPS) is 24.2. The summed E-state index contributed by atoms with van der Waals surface area (Å²) in [5.41, 5.74) is 2.70. The molecule has 16 rings (SSSR count). The minimum Gasteiger partial charge on any atom is -0.459 e. The van der Waals surface area contributed by atoms with Crippen LogP contribution in [0.15, 0.2) is 377 Å². The summed E-state index contributed by atoms with van der Waals surface area (Å²) in [6, 6.07) is 99.0. The Morgan fingerprint density at radius 1 is 0.229 bits per heavy atom. The van der Waals surface area contributed by atoms with Crippen molar-refractivity contribution < 1.29 is 138 Å². The second kappa shape index (κ2) is 49.8. The van der Waals surface area contributed by atoms with Crippen molar-refractivity contribution in [3.05, 3.63) is 443 Å². The lowest BCUT2D eigenvalue weighted by molar-refractivity contribution is -0.396. The van der Waals surface area contributed by atoms with Gasteiger partial charge in [-0.05, 0) is 119 Å². The fraction of sp³-hybridized carbons (Fsp3) is 0.261. The summed E-state index contributed by atoms with van der Waals surface area (Å²) in [5.74, 6) is -7.37. The van der Waals surface area contributed by atoms with Crippen LogP contribution < -0.4 is 0 Å². The van der Waals surface area contributed by atoms with Crippen molar-refractivity contribution in [2.75, 3.05) is 33.0 Å². The van der Waals surface area contributed by atoms with Crippen molar-refractivity contribution in [1.82, 2.24) is 0 Å². The molecule has 1 N–H and O–H groups in total. The van der Waals surface area contributed by atoms with E-state index in [0.29, 0.717) is 22.3 Å². The van der Waals surface area contributed by atoms with Gasteiger partial charge in [0.15, 0.2) is 49.6 Å². The molecule has 4 heterocycles. The number of hydrogen-bond acceptors (Lipinski definition) is 29. The topological polar surface area (TPSA) is 341 Å². The van der Waals surface area contributed by atoms with Gasteiger partial charge in [-0.1, -0.05) is 273 Å². The number of aliphatic hydroxyl groups is 1. The third-order valence-electron chi connectivity index (χ3n) is 23.3. The van der Waals surface area contributed by atoms with Gasteiger partial charge in [0, 0.05) is 0 Å². The first-order valence-corrected chi connectivity index (χ1v) is 45.7. The van der Waals surface area contributed by atoms with Crippen molar-refractivity contribution in [2.45, 2.75) is 149 Å². The molecule has 0 saturated carbocycles. The number of hydrogen-bond donors (Lipinski definition) is 1. The predicted octanol–water partition coefficient (Wildman–Crippen LogP) is 15.3. The van der Waals surface area contributed by atoms with Gasteiger partial charge in [-0.3, -0.25) is 0 Å². The summed E-state index contributed by atoms with van der Waals surface area (Å²) in [6.07, 6.45) is -35.8. The molecule has 12 unspecified atom stereocenters. The maximum atomic E-state index is 16.0. The molecule has 4 fully saturated rings. The van der Waals surface area contributed by atoms with Crippen molar-refractivity contribution in [3.8, 4) is 0 Å². The molecule has 0 radical (unpaired) electrons. The lowest BCUT2D eigenvalue weighted by Gasteiger charge is -2.52. The molecule has 0 aromatic heterocycles. The van der Waals surface area contributed by atoms with Gasteiger partial charge in [0.1, 0.15) is 99.7 Å². The van der Waals surface area contributed by atoms with Gasteiger partial charge in [-0.2, -0.15) is 0 Å². The zero-order chi connectivity index (χ0) is 96.7. The fourth-order valence-corrected chi connectivity index (χ4v) is 16.3. The molecule has 0 aliphatic carbocycles. The highest BCUT2D eigenvalue weighted by Gasteiger charge is 2.61. The first-order valence-electron chi connectivity index (χ1n) is 45.7. The number of esters is 8. The predicted molar refractivity (Wildman–Crippen MR) is 501 cm³/mol. The Morgan fingerprint density at radius 3 is 0.729 bits per heavy atom. The SMILES string of the molecule is C=CCO[C@@H]1OC(COC(=O)c2ccccc2)[C@H](OCc2ccccc2)C(O[C@H]2OC(COC(=O)c3ccccc3)[C@H](OC(=O)c3ccccc3)C(O[C@@H]3OC(COC(=O)c4ccccc4)[C@H](OCc4ccccc4)C(O[C@H]4OC(COC(=O)c5ccccc5)[C@H](OC(=O)c5ccccc5)C(O)C4OCc4ccccc4)C3OC(=O)c3ccccc3)C2OCc2ccccc2)C1OC(=O)c1ccccc1. The van der Waals surface area contributed by atoms with Crippen molar-refractivity contribution in [2.24, 2.45) is 0 Å². The molecule has 4 saturated heterocycles. The summed E-state index contributed by atoms with van der Waals surface area (Å²) < 4.78 is 139. The lowest BCUT2D eigenvalue weighted by atomic mass is 9.94. The summed E-state index contributed by atoms with van der Waals surface area (Å²) in [7, 11) is 0. The van der Waals surface area contributed by atoms with Crippen molar-refractivity contribution in [3.63, 3.8) is 0 Å². The van der Waals surface area contributed by atoms with E-state index in [4.69, 9.17) is 94.7 Å². The Kier molecular flexibility index (Phi) is 35.1. The molecule has 20 atom stereocenters. The molecule has 4 aliphatic rings. The second-order valence-corrected chi connectivity index (χ2v) is 32.9. The van der Waals surface area contributed by atoms with Crippen LogP contribution in [-0.2, 0) is 121 Å². The number of benzene rings is 12. The number of ether oxygens (including phenoxy) is 20. The van der Waals surface area contributed by atoms with Gasteiger partial charge in [-0.25, -0.2) is 38.4 Å². The highest BCUT2D eigenvalue weighted by Crippen LogP contribution is 2.42. The number of aliphatic hydroxyl groups excluding tert-OH is 1. The standard InChI is InChI=1S/C111H102O29/c1-2-63-121-108-98(136-106(119)82-59-35-13-36-60-82)94(90(122-64-72-39-15-3-16-40-72)85(130-108)69-127-101(114)77-49-25-8-26-50-77)139-110-97(125-67-75-45-21-6-22-46-75)96(92(135-105(118)81-57-33-12-34-58-81)87(133-110)71-129-103(116)79-53-29-10-30-54-79)140-111-99(137-107(120)83-61-37-14-38-62-83)95(91(123-65-73-41-17-4-18-42-73)86(132-111)70-128-102(115)78-51-27-9-28-52-78)138-109-93(124-66-74-43-19-5-20-44-74)88(112)89(134-104(117)80-55-31-11-32-56-80)84(131-109)68-126-100(113)76-47-23-7-24-48-76/h2-62,84-99,108-112H,1,63-71H2/t84?,85?,86?,87?,88?,89-,90-,91-,92-,93?,94?,95?,96?,97?,98?,99?,108+,109+,110+,111-/m0/s1. The number of carbonyl (C=O) groups excluding carboxylic acids is 8. The minimum absolute atomic E-state index is 0.0284. The van der Waals surface area contributed by atoms with E-state index in [1.165, 1.54) is 91.0 Å². The molecule has 720 valence electrons. The van der Waals surface area contributed by atoms with E-state index >= 15 is 14.4 Å². The Balaban J connectivity index is 0.904. The first kappa shape index (κ1) is 98.7. The largest absolute Gasteiger partial charge is 0.459 e. The van der Waals surface area contributed by atoms with Crippen LogP contribution in [0, 0.1) is 0 Å². The van der Waals surface area contributed by atoms with Gasteiger partial charge in [0.05, 0.1) is 77.5 Å². The quantitative estimate of drug-likeness (QED) is 0.0211. The molecule has 140 heavy (non-hydrogen) atoms. The van der Waals surface area contributed by atoms with Crippen LogP contribution in [0.3, 0.4) is 0 Å². The zero-order valence-corrected chi connectivity index (χ0v) is 75.7. The number of carbonyl (C=O) groups is 8. The molecule has 12 aromatic carbocycles. The minimum atomic E-state index is -2.26. The van der Waals surface area contributed by atoms with Gasteiger partial charge in [-0.15, -0.1) is 6.58 Å². The summed E-state index contributed by atoms with van der Waals surface area (Å²) >= 11 is 0. The Hall–Kier alpha value is -14.4. The summed E-state index contributed by atoms with van der Waals surface area (Å²) in [5, 5.41) is 13.5. The van der Waals surface area contributed by atoms with E-state index in [9.17, 15) is 29.1 Å². The van der Waals surface area contributed by atoms with E-state index in [0.717, 1.165) is 0 Å². The Morgan fingerprint density at radius 2 is 0.436 bits per heavy atom.